The summed E-state index contributed by atoms with van der Waals surface area (Å²) in [6.45, 7) is 6.39. The van der Waals surface area contributed by atoms with Crippen LogP contribution in [0.2, 0.25) is 0 Å². The summed E-state index contributed by atoms with van der Waals surface area (Å²) in [4.78, 5) is 0. The number of aryl methyl sites for hydroxylation is 1. The van der Waals surface area contributed by atoms with Crippen LogP contribution in [0.15, 0.2) is 24.3 Å². The smallest absolute Gasteiger partial charge is 0.161 e. The third-order valence-corrected chi connectivity index (χ3v) is 5.43. The predicted octanol–water partition coefficient (Wildman–Crippen LogP) is 4.45. The highest BCUT2D eigenvalue weighted by molar-refractivity contribution is 5.54. The number of phenols is 1. The number of nitrogens with two attached hydrogens (primary N) is 1. The van der Waals surface area contributed by atoms with Gasteiger partial charge in [0.1, 0.15) is 0 Å². The molecular weight excluding hydrogens is 286 g/mol. The number of ether oxygens (including phenoxy) is 1. The van der Waals surface area contributed by atoms with E-state index in [-0.39, 0.29) is 11.5 Å². The average Bonchev–Trinajstić information content (AvgIpc) is 2.53. The predicted molar refractivity (Wildman–Crippen MR) is 96.1 cm³/mol. The van der Waals surface area contributed by atoms with Crippen molar-refractivity contribution in [2.24, 2.45) is 11.7 Å². The minimum absolute atomic E-state index is 0.0850. The zero-order chi connectivity index (χ0) is 17.0. The largest absolute Gasteiger partial charge is 0.504 e. The molecule has 0 spiro atoms. The van der Waals surface area contributed by atoms with E-state index in [0.717, 1.165) is 43.2 Å². The van der Waals surface area contributed by atoms with E-state index in [1.54, 1.807) is 7.11 Å². The van der Waals surface area contributed by atoms with Crippen molar-refractivity contribution in [2.45, 2.75) is 64.3 Å². The van der Waals surface area contributed by atoms with Crippen LogP contribution in [0, 0.1) is 12.8 Å². The second-order valence-corrected chi connectivity index (χ2v) is 6.94. The zero-order valence-corrected chi connectivity index (χ0v) is 14.9. The molecule has 0 saturated heterocycles. The molecule has 0 amide bonds. The molecule has 1 aliphatic rings. The van der Waals surface area contributed by atoms with Crippen LogP contribution in [0.1, 0.15) is 57.1 Å². The van der Waals surface area contributed by atoms with Gasteiger partial charge in [-0.3, -0.25) is 0 Å². The van der Waals surface area contributed by atoms with Crippen LogP contribution >= 0.6 is 0 Å². The number of unbranched alkanes of at least 4 members (excludes halogenated alkanes) is 1. The number of hydrogen-bond donors (Lipinski definition) is 2. The van der Waals surface area contributed by atoms with Crippen molar-refractivity contribution in [3.63, 3.8) is 0 Å². The maximum atomic E-state index is 10.9. The Balaban J connectivity index is 2.65. The van der Waals surface area contributed by atoms with E-state index in [9.17, 15) is 5.11 Å². The molecule has 1 aromatic carbocycles. The van der Waals surface area contributed by atoms with Gasteiger partial charge in [0.15, 0.2) is 11.5 Å². The molecule has 0 radical (unpaired) electrons. The first-order valence-electron chi connectivity index (χ1n) is 8.75. The molecule has 3 atom stereocenters. The molecule has 0 saturated carbocycles. The fraction of sp³-hybridized carbons (Fsp3) is 0.600. The number of benzene rings is 1. The fourth-order valence-corrected chi connectivity index (χ4v) is 4.29. The molecule has 1 aromatic rings. The second-order valence-electron chi connectivity index (χ2n) is 6.94. The summed E-state index contributed by atoms with van der Waals surface area (Å²) in [5, 5.41) is 10.9. The van der Waals surface area contributed by atoms with Gasteiger partial charge in [-0.1, -0.05) is 38.0 Å². The van der Waals surface area contributed by atoms with Crippen molar-refractivity contribution < 1.29 is 9.84 Å². The molecule has 2 unspecified atom stereocenters. The molecule has 23 heavy (non-hydrogen) atoms. The van der Waals surface area contributed by atoms with Crippen LogP contribution < -0.4 is 10.5 Å². The van der Waals surface area contributed by atoms with Crippen LogP contribution in [0.3, 0.4) is 0 Å². The third kappa shape index (κ3) is 3.25. The minimum atomic E-state index is -0.109. The van der Waals surface area contributed by atoms with Crippen LogP contribution in [-0.2, 0) is 5.41 Å². The molecule has 1 aliphatic carbocycles. The Kier molecular flexibility index (Phi) is 5.74. The van der Waals surface area contributed by atoms with Gasteiger partial charge in [-0.15, -0.1) is 0 Å². The highest BCUT2D eigenvalue weighted by Gasteiger charge is 2.44. The first kappa shape index (κ1) is 17.9. The highest BCUT2D eigenvalue weighted by Crippen LogP contribution is 2.52. The quantitative estimate of drug-likeness (QED) is 0.762. The Labute approximate surface area is 140 Å². The molecule has 0 aromatic heterocycles. The van der Waals surface area contributed by atoms with E-state index >= 15 is 0 Å². The SMILES string of the molecule is CCCC[C@@]1(c2c(C)ccc(OC)c2O)CC=CCC1C(C)N. The van der Waals surface area contributed by atoms with Gasteiger partial charge in [0.05, 0.1) is 7.11 Å². The molecule has 3 nitrogen and oxygen atoms in total. The van der Waals surface area contributed by atoms with E-state index in [1.165, 1.54) is 0 Å². The number of aromatic hydroxyl groups is 1. The third-order valence-electron chi connectivity index (χ3n) is 5.43. The molecular formula is C20H31NO2. The number of phenolic OH excluding ortho intramolecular Hbond substituents is 1. The van der Waals surface area contributed by atoms with E-state index in [2.05, 4.69) is 39.0 Å². The van der Waals surface area contributed by atoms with Crippen molar-refractivity contribution in [1.29, 1.82) is 0 Å². The maximum absolute atomic E-state index is 10.9. The number of rotatable bonds is 6. The number of hydrogen-bond acceptors (Lipinski definition) is 3. The standard InChI is InChI=1S/C20H31NO2/c1-5-6-12-20(13-8-7-9-16(20)15(3)21)18-14(2)10-11-17(23-4)19(18)22/h7-8,10-11,15-16,22H,5-6,9,12-13,21H2,1-4H3/t15?,16?,20-/m1/s1. The van der Waals surface area contributed by atoms with E-state index in [4.69, 9.17) is 10.5 Å². The Hall–Kier alpha value is -1.48. The lowest BCUT2D eigenvalue weighted by Crippen LogP contribution is -2.45. The number of allylic oxidation sites excluding steroid dienone is 2. The summed E-state index contributed by atoms with van der Waals surface area (Å²) in [7, 11) is 1.61. The normalized spacial score (nSPS) is 25.3. The van der Waals surface area contributed by atoms with Crippen molar-refractivity contribution in [1.82, 2.24) is 0 Å². The Bertz CT molecular complexity index is 565. The maximum Gasteiger partial charge on any atom is 0.161 e. The Morgan fingerprint density at radius 1 is 1.39 bits per heavy atom. The lowest BCUT2D eigenvalue weighted by molar-refractivity contribution is 0.198. The van der Waals surface area contributed by atoms with Gasteiger partial charge in [-0.05, 0) is 50.7 Å². The lowest BCUT2D eigenvalue weighted by atomic mass is 9.59. The molecule has 128 valence electrons. The lowest BCUT2D eigenvalue weighted by Gasteiger charge is -2.46. The zero-order valence-electron chi connectivity index (χ0n) is 14.9. The minimum Gasteiger partial charge on any atom is -0.504 e. The summed E-state index contributed by atoms with van der Waals surface area (Å²) in [5.74, 6) is 1.18. The monoisotopic (exact) mass is 317 g/mol. The molecule has 0 bridgehead atoms. The molecule has 0 heterocycles. The molecule has 0 fully saturated rings. The summed E-state index contributed by atoms with van der Waals surface area (Å²) in [5.41, 5.74) is 8.43. The Morgan fingerprint density at radius 2 is 2.13 bits per heavy atom. The summed E-state index contributed by atoms with van der Waals surface area (Å²) >= 11 is 0. The summed E-state index contributed by atoms with van der Waals surface area (Å²) in [6.07, 6.45) is 9.71. The number of methoxy groups -OCH3 is 1. The van der Waals surface area contributed by atoms with Crippen LogP contribution in [0.4, 0.5) is 0 Å². The summed E-state index contributed by atoms with van der Waals surface area (Å²) in [6, 6.07) is 3.99. The van der Waals surface area contributed by atoms with E-state index in [0.29, 0.717) is 17.4 Å². The van der Waals surface area contributed by atoms with Crippen molar-refractivity contribution in [3.8, 4) is 11.5 Å². The van der Waals surface area contributed by atoms with Crippen LogP contribution in [0.5, 0.6) is 11.5 Å². The van der Waals surface area contributed by atoms with Gasteiger partial charge in [0, 0.05) is 17.0 Å². The topological polar surface area (TPSA) is 55.5 Å². The van der Waals surface area contributed by atoms with Gasteiger partial charge >= 0.3 is 0 Å². The Morgan fingerprint density at radius 3 is 2.74 bits per heavy atom. The first-order chi connectivity index (χ1) is 11.0. The first-order valence-corrected chi connectivity index (χ1v) is 8.75. The highest BCUT2D eigenvalue weighted by atomic mass is 16.5. The average molecular weight is 317 g/mol. The van der Waals surface area contributed by atoms with Gasteiger partial charge in [0.25, 0.3) is 0 Å². The molecule has 0 aliphatic heterocycles. The van der Waals surface area contributed by atoms with E-state index in [1.807, 2.05) is 6.07 Å². The van der Waals surface area contributed by atoms with Crippen molar-refractivity contribution in [2.75, 3.05) is 7.11 Å². The van der Waals surface area contributed by atoms with Gasteiger partial charge in [0.2, 0.25) is 0 Å². The van der Waals surface area contributed by atoms with Gasteiger partial charge in [-0.2, -0.15) is 0 Å². The van der Waals surface area contributed by atoms with Gasteiger partial charge < -0.3 is 15.6 Å². The second kappa shape index (κ2) is 7.39. The molecule has 3 heteroatoms. The molecule has 2 rings (SSSR count). The molecule has 3 N–H and O–H groups in total. The summed E-state index contributed by atoms with van der Waals surface area (Å²) < 4.78 is 5.38. The van der Waals surface area contributed by atoms with E-state index < -0.39 is 0 Å². The van der Waals surface area contributed by atoms with Gasteiger partial charge in [-0.25, -0.2) is 0 Å². The van der Waals surface area contributed by atoms with Crippen LogP contribution in [0.25, 0.3) is 0 Å². The fourth-order valence-electron chi connectivity index (χ4n) is 4.29. The van der Waals surface area contributed by atoms with Crippen LogP contribution in [-0.4, -0.2) is 18.3 Å². The van der Waals surface area contributed by atoms with Crippen molar-refractivity contribution >= 4 is 0 Å². The van der Waals surface area contributed by atoms with Crippen molar-refractivity contribution in [3.05, 3.63) is 35.4 Å².